The topological polar surface area (TPSA) is 40.5 Å². The van der Waals surface area contributed by atoms with Crippen LogP contribution >= 0.6 is 0 Å². The maximum Gasteiger partial charge on any atom is 0.305 e. The van der Waals surface area contributed by atoms with Gasteiger partial charge in [-0.3, -0.25) is 9.69 Å². The molecule has 3 aliphatic rings. The molecule has 1 aliphatic heterocycles. The molecule has 0 aromatic heterocycles. The van der Waals surface area contributed by atoms with E-state index in [1.807, 2.05) is 0 Å². The molecule has 0 atom stereocenters. The number of carboxylic acids is 1. The highest BCUT2D eigenvalue weighted by Crippen LogP contribution is 2.50. The van der Waals surface area contributed by atoms with E-state index >= 15 is 0 Å². The minimum Gasteiger partial charge on any atom is -0.481 e. The number of carbonyl (C=O) groups is 1. The lowest BCUT2D eigenvalue weighted by molar-refractivity contribution is -0.147. The lowest BCUT2D eigenvalue weighted by atomic mass is 9.66. The molecular formula is C15H25NO2. The number of hydrogen-bond donors (Lipinski definition) is 1. The van der Waals surface area contributed by atoms with E-state index < -0.39 is 5.97 Å². The second-order valence-corrected chi connectivity index (χ2v) is 6.92. The van der Waals surface area contributed by atoms with E-state index in [1.165, 1.54) is 58.0 Å². The van der Waals surface area contributed by atoms with E-state index in [4.69, 9.17) is 0 Å². The molecule has 1 saturated heterocycles. The summed E-state index contributed by atoms with van der Waals surface area (Å²) in [5.41, 5.74) is 0.598. The second-order valence-electron chi connectivity index (χ2n) is 6.92. The number of nitrogens with zero attached hydrogens (tertiary/aromatic N) is 1. The van der Waals surface area contributed by atoms with E-state index in [0.29, 0.717) is 11.8 Å². The zero-order valence-corrected chi connectivity index (χ0v) is 11.3. The van der Waals surface area contributed by atoms with Crippen LogP contribution in [0.5, 0.6) is 0 Å². The summed E-state index contributed by atoms with van der Waals surface area (Å²) in [4.78, 5) is 13.7. The quantitative estimate of drug-likeness (QED) is 0.838. The first-order chi connectivity index (χ1) is 8.64. The molecule has 0 bridgehead atoms. The summed E-state index contributed by atoms with van der Waals surface area (Å²) in [7, 11) is 0. The molecular weight excluding hydrogens is 226 g/mol. The molecule has 2 aliphatic carbocycles. The van der Waals surface area contributed by atoms with Crippen LogP contribution in [0.3, 0.4) is 0 Å². The summed E-state index contributed by atoms with van der Waals surface area (Å²) in [6, 6.07) is 0. The van der Waals surface area contributed by atoms with Crippen LogP contribution in [-0.2, 0) is 4.79 Å². The SMILES string of the molecule is O=C(O)CC1(N2CC3(CCCCC3)C2)CCCC1. The fourth-order valence-electron chi connectivity index (χ4n) is 4.64. The molecule has 1 spiro atoms. The molecule has 0 aromatic rings. The van der Waals surface area contributed by atoms with E-state index in [9.17, 15) is 9.90 Å². The normalized spacial score (nSPS) is 30.2. The third-order valence-corrected chi connectivity index (χ3v) is 5.65. The maximum atomic E-state index is 11.1. The van der Waals surface area contributed by atoms with Gasteiger partial charge in [0.1, 0.15) is 0 Å². The van der Waals surface area contributed by atoms with E-state index in [2.05, 4.69) is 4.90 Å². The standard InChI is InChI=1S/C15H25NO2/c17-13(18)10-15(8-4-5-9-15)16-11-14(12-16)6-2-1-3-7-14/h1-12H2,(H,17,18). The van der Waals surface area contributed by atoms with Gasteiger partial charge in [0.05, 0.1) is 6.42 Å². The molecule has 3 fully saturated rings. The summed E-state index contributed by atoms with van der Waals surface area (Å²) in [6.07, 6.45) is 12.0. The maximum absolute atomic E-state index is 11.1. The summed E-state index contributed by atoms with van der Waals surface area (Å²) in [5.74, 6) is -0.610. The highest BCUT2D eigenvalue weighted by atomic mass is 16.4. The summed E-state index contributed by atoms with van der Waals surface area (Å²) >= 11 is 0. The van der Waals surface area contributed by atoms with Crippen molar-refractivity contribution in [1.82, 2.24) is 4.90 Å². The van der Waals surface area contributed by atoms with Crippen LogP contribution in [0.25, 0.3) is 0 Å². The Hall–Kier alpha value is -0.570. The first-order valence-electron chi connectivity index (χ1n) is 7.61. The zero-order chi connectivity index (χ0) is 12.6. The van der Waals surface area contributed by atoms with Crippen molar-refractivity contribution in [2.24, 2.45) is 5.41 Å². The van der Waals surface area contributed by atoms with Crippen molar-refractivity contribution >= 4 is 5.97 Å². The van der Waals surface area contributed by atoms with Crippen molar-refractivity contribution in [3.63, 3.8) is 0 Å². The lowest BCUT2D eigenvalue weighted by Crippen LogP contribution is -2.65. The van der Waals surface area contributed by atoms with E-state index in [-0.39, 0.29) is 5.54 Å². The van der Waals surface area contributed by atoms with Gasteiger partial charge in [0.15, 0.2) is 0 Å². The average Bonchev–Trinajstić information content (AvgIpc) is 2.75. The third-order valence-electron chi connectivity index (χ3n) is 5.65. The monoisotopic (exact) mass is 251 g/mol. The Labute approximate surface area is 110 Å². The molecule has 0 radical (unpaired) electrons. The molecule has 2 saturated carbocycles. The predicted octanol–water partition coefficient (Wildman–Crippen LogP) is 3.04. The zero-order valence-electron chi connectivity index (χ0n) is 11.3. The Balaban J connectivity index is 1.65. The second kappa shape index (κ2) is 4.52. The Kier molecular flexibility index (Phi) is 3.13. The van der Waals surface area contributed by atoms with Crippen LogP contribution in [-0.4, -0.2) is 34.6 Å². The average molecular weight is 251 g/mol. The van der Waals surface area contributed by atoms with Crippen molar-refractivity contribution in [1.29, 1.82) is 0 Å². The smallest absolute Gasteiger partial charge is 0.305 e. The van der Waals surface area contributed by atoms with Crippen LogP contribution in [0, 0.1) is 5.41 Å². The highest BCUT2D eigenvalue weighted by Gasteiger charge is 2.52. The predicted molar refractivity (Wildman–Crippen MR) is 70.5 cm³/mol. The van der Waals surface area contributed by atoms with Gasteiger partial charge >= 0.3 is 5.97 Å². The Morgan fingerprint density at radius 3 is 2.06 bits per heavy atom. The first kappa shape index (κ1) is 12.5. The number of carboxylic acid groups (broad SMARTS) is 1. The summed E-state index contributed by atoms with van der Waals surface area (Å²) in [6.45, 7) is 2.36. The highest BCUT2D eigenvalue weighted by molar-refractivity contribution is 5.68. The van der Waals surface area contributed by atoms with Crippen molar-refractivity contribution in [3.8, 4) is 0 Å². The fraction of sp³-hybridized carbons (Fsp3) is 0.933. The van der Waals surface area contributed by atoms with E-state index in [1.54, 1.807) is 0 Å². The largest absolute Gasteiger partial charge is 0.481 e. The minimum absolute atomic E-state index is 0.0224. The minimum atomic E-state index is -0.610. The summed E-state index contributed by atoms with van der Waals surface area (Å²) < 4.78 is 0. The molecule has 0 unspecified atom stereocenters. The first-order valence-corrected chi connectivity index (χ1v) is 7.61. The number of hydrogen-bond acceptors (Lipinski definition) is 2. The van der Waals surface area contributed by atoms with Gasteiger partial charge in [-0.25, -0.2) is 0 Å². The number of likely N-dealkylation sites (tertiary alicyclic amines) is 1. The summed E-state index contributed by atoms with van der Waals surface area (Å²) in [5, 5.41) is 9.18. The van der Waals surface area contributed by atoms with Crippen LogP contribution < -0.4 is 0 Å². The molecule has 18 heavy (non-hydrogen) atoms. The van der Waals surface area contributed by atoms with Crippen LogP contribution in [0.2, 0.25) is 0 Å². The molecule has 102 valence electrons. The van der Waals surface area contributed by atoms with Gasteiger partial charge in [0.25, 0.3) is 0 Å². The Morgan fingerprint density at radius 2 is 1.50 bits per heavy atom. The van der Waals surface area contributed by atoms with Crippen LogP contribution in [0.1, 0.15) is 64.2 Å². The molecule has 3 nitrogen and oxygen atoms in total. The van der Waals surface area contributed by atoms with Crippen molar-refractivity contribution in [2.45, 2.75) is 69.7 Å². The lowest BCUT2D eigenvalue weighted by Gasteiger charge is -2.59. The fourth-order valence-corrected chi connectivity index (χ4v) is 4.64. The molecule has 1 heterocycles. The third kappa shape index (κ3) is 2.07. The molecule has 1 N–H and O–H groups in total. The van der Waals surface area contributed by atoms with Gasteiger partial charge in [0.2, 0.25) is 0 Å². The number of aliphatic carboxylic acids is 1. The van der Waals surface area contributed by atoms with Gasteiger partial charge < -0.3 is 5.11 Å². The Morgan fingerprint density at radius 1 is 0.944 bits per heavy atom. The van der Waals surface area contributed by atoms with Gasteiger partial charge in [0, 0.05) is 18.6 Å². The van der Waals surface area contributed by atoms with Gasteiger partial charge in [-0.1, -0.05) is 32.1 Å². The molecule has 3 rings (SSSR count). The molecule has 3 heteroatoms. The van der Waals surface area contributed by atoms with Crippen molar-refractivity contribution in [2.75, 3.05) is 13.1 Å². The van der Waals surface area contributed by atoms with Crippen LogP contribution in [0.15, 0.2) is 0 Å². The Bertz CT molecular complexity index is 319. The number of rotatable bonds is 3. The van der Waals surface area contributed by atoms with Crippen LogP contribution in [0.4, 0.5) is 0 Å². The molecule has 0 aromatic carbocycles. The van der Waals surface area contributed by atoms with Gasteiger partial charge in [-0.05, 0) is 31.1 Å². The van der Waals surface area contributed by atoms with Gasteiger partial charge in [-0.15, -0.1) is 0 Å². The van der Waals surface area contributed by atoms with E-state index in [0.717, 1.165) is 12.8 Å². The van der Waals surface area contributed by atoms with Gasteiger partial charge in [-0.2, -0.15) is 0 Å². The van der Waals surface area contributed by atoms with Crippen molar-refractivity contribution in [3.05, 3.63) is 0 Å². The van der Waals surface area contributed by atoms with Crippen molar-refractivity contribution < 1.29 is 9.90 Å². The molecule has 0 amide bonds.